The fraction of sp³-hybridized carbons (Fsp3) is 0.545. The summed E-state index contributed by atoms with van der Waals surface area (Å²) in [5.74, 6) is 0.0850. The van der Waals surface area contributed by atoms with Crippen molar-refractivity contribution in [1.82, 2.24) is 4.90 Å². The monoisotopic (exact) mass is 225 g/mol. The molecule has 1 aromatic rings. The van der Waals surface area contributed by atoms with Gasteiger partial charge in [-0.05, 0) is 30.4 Å². The van der Waals surface area contributed by atoms with Crippen LogP contribution >= 0.6 is 11.3 Å². The molecule has 0 fully saturated rings. The Balaban J connectivity index is 2.16. The van der Waals surface area contributed by atoms with Crippen molar-refractivity contribution in [3.8, 4) is 0 Å². The van der Waals surface area contributed by atoms with Crippen molar-refractivity contribution in [3.63, 3.8) is 0 Å². The summed E-state index contributed by atoms with van der Waals surface area (Å²) >= 11 is 1.79. The zero-order valence-corrected chi connectivity index (χ0v) is 9.84. The molecule has 0 radical (unpaired) electrons. The van der Waals surface area contributed by atoms with Gasteiger partial charge in [0.1, 0.15) is 6.61 Å². The predicted octanol–water partition coefficient (Wildman–Crippen LogP) is 1.84. The van der Waals surface area contributed by atoms with Gasteiger partial charge in [0.15, 0.2) is 0 Å². The third-order valence-corrected chi connectivity index (χ3v) is 3.86. The number of fused-ring (bicyclic) bond motifs is 1. The van der Waals surface area contributed by atoms with Gasteiger partial charge >= 0.3 is 0 Å². The van der Waals surface area contributed by atoms with Crippen LogP contribution in [-0.2, 0) is 16.0 Å². The largest absolute Gasteiger partial charge is 0.375 e. The lowest BCUT2D eigenvalue weighted by Gasteiger charge is -2.33. The Morgan fingerprint density at radius 1 is 1.73 bits per heavy atom. The van der Waals surface area contributed by atoms with Crippen molar-refractivity contribution >= 4 is 17.2 Å². The van der Waals surface area contributed by atoms with E-state index in [9.17, 15) is 4.79 Å². The van der Waals surface area contributed by atoms with Gasteiger partial charge in [0.05, 0.1) is 6.04 Å². The number of carbonyl (C=O) groups excluding carboxylic acids is 1. The molecule has 0 saturated heterocycles. The Kier molecular flexibility index (Phi) is 3.07. The first-order valence-corrected chi connectivity index (χ1v) is 5.96. The molecule has 4 heteroatoms. The summed E-state index contributed by atoms with van der Waals surface area (Å²) in [5.41, 5.74) is 1.30. The Hall–Kier alpha value is -0.870. The summed E-state index contributed by atoms with van der Waals surface area (Å²) in [6.07, 6.45) is 0.979. The number of rotatable bonds is 2. The van der Waals surface area contributed by atoms with E-state index in [-0.39, 0.29) is 18.6 Å². The fourth-order valence-electron chi connectivity index (χ4n) is 2.06. The first-order chi connectivity index (χ1) is 7.24. The van der Waals surface area contributed by atoms with Crippen LogP contribution in [0.15, 0.2) is 11.4 Å². The van der Waals surface area contributed by atoms with E-state index in [0.29, 0.717) is 0 Å². The van der Waals surface area contributed by atoms with E-state index < -0.39 is 0 Å². The number of thiophene rings is 1. The molecule has 1 unspecified atom stereocenters. The molecule has 0 bridgehead atoms. The van der Waals surface area contributed by atoms with E-state index in [2.05, 4.69) is 18.4 Å². The average Bonchev–Trinajstić information content (AvgIpc) is 2.67. The minimum atomic E-state index is 0.0850. The number of hydrogen-bond acceptors (Lipinski definition) is 3. The Morgan fingerprint density at radius 2 is 2.53 bits per heavy atom. The normalized spacial score (nSPS) is 20.1. The maximum atomic E-state index is 11.7. The summed E-state index contributed by atoms with van der Waals surface area (Å²) in [5, 5.41) is 2.10. The van der Waals surface area contributed by atoms with Gasteiger partial charge in [-0.25, -0.2) is 0 Å². The zero-order chi connectivity index (χ0) is 10.8. The number of amides is 1. The molecule has 1 aliphatic heterocycles. The molecule has 0 saturated carbocycles. The first kappa shape index (κ1) is 10.6. The van der Waals surface area contributed by atoms with Crippen molar-refractivity contribution < 1.29 is 9.53 Å². The van der Waals surface area contributed by atoms with Gasteiger partial charge in [-0.15, -0.1) is 11.3 Å². The van der Waals surface area contributed by atoms with Gasteiger partial charge < -0.3 is 9.64 Å². The Morgan fingerprint density at radius 3 is 3.27 bits per heavy atom. The van der Waals surface area contributed by atoms with Crippen LogP contribution in [0.1, 0.15) is 23.4 Å². The second kappa shape index (κ2) is 4.33. The van der Waals surface area contributed by atoms with Crippen LogP contribution in [-0.4, -0.2) is 31.1 Å². The number of carbonyl (C=O) groups is 1. The van der Waals surface area contributed by atoms with E-state index in [1.165, 1.54) is 10.4 Å². The van der Waals surface area contributed by atoms with E-state index >= 15 is 0 Å². The highest BCUT2D eigenvalue weighted by atomic mass is 32.1. The molecule has 0 N–H and O–H groups in total. The summed E-state index contributed by atoms with van der Waals surface area (Å²) in [6, 6.07) is 2.32. The molecule has 15 heavy (non-hydrogen) atoms. The Bertz CT molecular complexity index is 361. The van der Waals surface area contributed by atoms with Crippen LogP contribution in [0.4, 0.5) is 0 Å². The molecule has 0 aromatic carbocycles. The van der Waals surface area contributed by atoms with Crippen molar-refractivity contribution in [2.75, 3.05) is 20.3 Å². The molecule has 1 aliphatic rings. The van der Waals surface area contributed by atoms with Crippen molar-refractivity contribution in [2.24, 2.45) is 0 Å². The molecule has 0 spiro atoms. The number of methoxy groups -OCH3 is 1. The molecule has 3 nitrogen and oxygen atoms in total. The fourth-order valence-corrected chi connectivity index (χ4v) is 3.02. The molecule has 1 atom stereocenters. The van der Waals surface area contributed by atoms with Crippen LogP contribution in [0.5, 0.6) is 0 Å². The second-order valence-corrected chi connectivity index (χ2v) is 4.75. The Labute approximate surface area is 93.7 Å². The summed E-state index contributed by atoms with van der Waals surface area (Å²) in [6.45, 7) is 3.08. The highest BCUT2D eigenvalue weighted by molar-refractivity contribution is 7.10. The minimum absolute atomic E-state index is 0.0850. The van der Waals surface area contributed by atoms with Gasteiger partial charge in [-0.1, -0.05) is 0 Å². The van der Waals surface area contributed by atoms with Crippen molar-refractivity contribution in [3.05, 3.63) is 21.9 Å². The molecule has 82 valence electrons. The average molecular weight is 225 g/mol. The summed E-state index contributed by atoms with van der Waals surface area (Å²) in [7, 11) is 1.56. The molecular weight excluding hydrogens is 210 g/mol. The second-order valence-electron chi connectivity index (χ2n) is 3.75. The third-order valence-electron chi connectivity index (χ3n) is 2.87. The molecule has 2 rings (SSSR count). The number of ether oxygens (including phenoxy) is 1. The van der Waals surface area contributed by atoms with E-state index in [1.54, 1.807) is 18.4 Å². The summed E-state index contributed by atoms with van der Waals surface area (Å²) < 4.78 is 4.89. The number of hydrogen-bond donors (Lipinski definition) is 0. The SMILES string of the molecule is COCC(=O)N1CCc2sccc2C1C. The van der Waals surface area contributed by atoms with Crippen LogP contribution in [0.25, 0.3) is 0 Å². The van der Waals surface area contributed by atoms with Crippen molar-refractivity contribution in [2.45, 2.75) is 19.4 Å². The van der Waals surface area contributed by atoms with Gasteiger partial charge in [0.2, 0.25) is 5.91 Å². The lowest BCUT2D eigenvalue weighted by atomic mass is 10.0. The van der Waals surface area contributed by atoms with Gasteiger partial charge in [-0.2, -0.15) is 0 Å². The molecule has 1 aromatic heterocycles. The smallest absolute Gasteiger partial charge is 0.249 e. The van der Waals surface area contributed by atoms with Crippen LogP contribution in [0.3, 0.4) is 0 Å². The van der Waals surface area contributed by atoms with Gasteiger partial charge in [0.25, 0.3) is 0 Å². The van der Waals surface area contributed by atoms with Crippen LogP contribution < -0.4 is 0 Å². The molecule has 2 heterocycles. The highest BCUT2D eigenvalue weighted by Crippen LogP contribution is 2.32. The van der Waals surface area contributed by atoms with E-state index in [4.69, 9.17) is 4.74 Å². The number of nitrogens with zero attached hydrogens (tertiary/aromatic N) is 1. The minimum Gasteiger partial charge on any atom is -0.375 e. The van der Waals surface area contributed by atoms with Gasteiger partial charge in [0, 0.05) is 18.5 Å². The maximum absolute atomic E-state index is 11.7. The third kappa shape index (κ3) is 1.92. The molecule has 0 aliphatic carbocycles. The lowest BCUT2D eigenvalue weighted by molar-refractivity contribution is -0.137. The quantitative estimate of drug-likeness (QED) is 0.768. The van der Waals surface area contributed by atoms with Crippen molar-refractivity contribution in [1.29, 1.82) is 0 Å². The van der Waals surface area contributed by atoms with Crippen LogP contribution in [0, 0.1) is 0 Å². The molecular formula is C11H15NO2S. The molecule has 1 amide bonds. The van der Waals surface area contributed by atoms with E-state index in [1.807, 2.05) is 4.90 Å². The standard InChI is InChI=1S/C11H15NO2S/c1-8-9-4-6-15-10(9)3-5-12(8)11(13)7-14-2/h4,6,8H,3,5,7H2,1-2H3. The van der Waals surface area contributed by atoms with E-state index in [0.717, 1.165) is 13.0 Å². The topological polar surface area (TPSA) is 29.5 Å². The first-order valence-electron chi connectivity index (χ1n) is 5.08. The lowest BCUT2D eigenvalue weighted by Crippen LogP contribution is -2.40. The zero-order valence-electron chi connectivity index (χ0n) is 9.03. The summed E-state index contributed by atoms with van der Waals surface area (Å²) in [4.78, 5) is 15.1. The predicted molar refractivity (Wildman–Crippen MR) is 60.0 cm³/mol. The van der Waals surface area contributed by atoms with Gasteiger partial charge in [-0.3, -0.25) is 4.79 Å². The van der Waals surface area contributed by atoms with Crippen LogP contribution in [0.2, 0.25) is 0 Å². The maximum Gasteiger partial charge on any atom is 0.249 e. The highest BCUT2D eigenvalue weighted by Gasteiger charge is 2.27.